The van der Waals surface area contributed by atoms with Crippen molar-refractivity contribution in [3.05, 3.63) is 29.8 Å². The highest BCUT2D eigenvalue weighted by Crippen LogP contribution is 2.60. The van der Waals surface area contributed by atoms with Crippen LogP contribution in [-0.4, -0.2) is 25.4 Å². The zero-order valence-corrected chi connectivity index (χ0v) is 13.5. The molecule has 0 fully saturated rings. The first-order chi connectivity index (χ1) is 9.54. The van der Waals surface area contributed by atoms with Crippen molar-refractivity contribution in [2.24, 2.45) is 0 Å². The Kier molecular flexibility index (Phi) is 7.13. The normalized spacial score (nSPS) is 13.6. The summed E-state index contributed by atoms with van der Waals surface area (Å²) >= 11 is 1.16. The maximum atomic E-state index is 12.5. The lowest BCUT2D eigenvalue weighted by Crippen LogP contribution is -2.02. The van der Waals surface area contributed by atoms with E-state index in [0.717, 1.165) is 17.8 Å². The molecule has 0 N–H and O–H groups in total. The summed E-state index contributed by atoms with van der Waals surface area (Å²) in [5.41, 5.74) is 0.341. The van der Waals surface area contributed by atoms with E-state index in [4.69, 9.17) is 9.05 Å². The van der Waals surface area contributed by atoms with Crippen LogP contribution in [0.2, 0.25) is 0 Å². The van der Waals surface area contributed by atoms with E-state index in [1.807, 2.05) is 6.92 Å². The number of ether oxygens (including phenoxy) is 1. The third-order valence-electron chi connectivity index (χ3n) is 2.21. The van der Waals surface area contributed by atoms with Crippen LogP contribution in [0.4, 0.5) is 0 Å². The van der Waals surface area contributed by atoms with Gasteiger partial charge in [0.1, 0.15) is 5.75 Å². The van der Waals surface area contributed by atoms with Gasteiger partial charge >= 0.3 is 12.8 Å². The van der Waals surface area contributed by atoms with E-state index in [-0.39, 0.29) is 0 Å². The standard InChI is InChI=1S/C13H19O5PS/c1-4-9-20-19(15,17-5-2)18-12-8-6-7-11(10-12)13(14)16-3/h6-8,10H,4-5,9H2,1-3H3. The fourth-order valence-corrected chi connectivity index (χ4v) is 4.83. The van der Waals surface area contributed by atoms with E-state index in [1.165, 1.54) is 13.2 Å². The van der Waals surface area contributed by atoms with Crippen molar-refractivity contribution >= 4 is 24.1 Å². The van der Waals surface area contributed by atoms with Gasteiger partial charge in [0, 0.05) is 5.75 Å². The zero-order chi connectivity index (χ0) is 15.0. The predicted molar refractivity (Wildman–Crippen MR) is 80.4 cm³/mol. The number of carbonyl (C=O) groups is 1. The van der Waals surface area contributed by atoms with Crippen LogP contribution < -0.4 is 4.52 Å². The van der Waals surface area contributed by atoms with Crippen LogP contribution in [0.25, 0.3) is 0 Å². The molecule has 0 spiro atoms. The van der Waals surface area contributed by atoms with Crippen LogP contribution in [0.3, 0.4) is 0 Å². The van der Waals surface area contributed by atoms with Gasteiger partial charge in [-0.25, -0.2) is 9.36 Å². The molecule has 0 aliphatic rings. The molecule has 5 nitrogen and oxygen atoms in total. The third kappa shape index (κ3) is 5.19. The van der Waals surface area contributed by atoms with E-state index < -0.39 is 12.8 Å². The van der Waals surface area contributed by atoms with Crippen LogP contribution in [0.5, 0.6) is 5.75 Å². The van der Waals surface area contributed by atoms with Crippen LogP contribution in [0.1, 0.15) is 30.6 Å². The molecule has 1 rings (SSSR count). The molecule has 0 aliphatic carbocycles. The molecule has 0 saturated heterocycles. The summed E-state index contributed by atoms with van der Waals surface area (Å²) in [6.07, 6.45) is 0.868. The Bertz CT molecular complexity index is 491. The highest BCUT2D eigenvalue weighted by atomic mass is 32.7. The summed E-state index contributed by atoms with van der Waals surface area (Å²) in [4.78, 5) is 11.4. The molecule has 0 bridgehead atoms. The lowest BCUT2D eigenvalue weighted by atomic mass is 10.2. The van der Waals surface area contributed by atoms with Crippen LogP contribution in [-0.2, 0) is 13.8 Å². The quantitative estimate of drug-likeness (QED) is 0.530. The molecule has 20 heavy (non-hydrogen) atoms. The summed E-state index contributed by atoms with van der Waals surface area (Å²) in [5.74, 6) is 0.532. The van der Waals surface area contributed by atoms with E-state index >= 15 is 0 Å². The van der Waals surface area contributed by atoms with E-state index in [0.29, 0.717) is 23.7 Å². The van der Waals surface area contributed by atoms with Gasteiger partial charge in [-0.3, -0.25) is 4.52 Å². The average molecular weight is 318 g/mol. The SMILES string of the molecule is CCCSP(=O)(OCC)Oc1cccc(C(=O)OC)c1. The second-order valence-corrected chi connectivity index (χ2v) is 7.93. The van der Waals surface area contributed by atoms with Crippen molar-refractivity contribution in [3.8, 4) is 5.75 Å². The molecule has 1 unspecified atom stereocenters. The Morgan fingerprint density at radius 2 is 2.10 bits per heavy atom. The minimum absolute atomic E-state index is 0.296. The lowest BCUT2D eigenvalue weighted by Gasteiger charge is -2.17. The van der Waals surface area contributed by atoms with Crippen molar-refractivity contribution in [2.45, 2.75) is 20.3 Å². The highest BCUT2D eigenvalue weighted by Gasteiger charge is 2.26. The topological polar surface area (TPSA) is 61.8 Å². The van der Waals surface area contributed by atoms with Gasteiger partial charge in [0.15, 0.2) is 0 Å². The largest absolute Gasteiger partial charge is 0.465 e. The summed E-state index contributed by atoms with van der Waals surface area (Å²) in [7, 11) is 1.30. The highest BCUT2D eigenvalue weighted by molar-refractivity contribution is 8.55. The van der Waals surface area contributed by atoms with E-state index in [1.54, 1.807) is 25.1 Å². The van der Waals surface area contributed by atoms with Crippen molar-refractivity contribution in [1.82, 2.24) is 0 Å². The van der Waals surface area contributed by atoms with Gasteiger partial charge in [0.2, 0.25) is 0 Å². The van der Waals surface area contributed by atoms with Gasteiger partial charge in [0.25, 0.3) is 0 Å². The fourth-order valence-electron chi connectivity index (χ4n) is 1.38. The van der Waals surface area contributed by atoms with Gasteiger partial charge in [-0.1, -0.05) is 13.0 Å². The Balaban J connectivity index is 2.88. The molecule has 0 aromatic heterocycles. The maximum absolute atomic E-state index is 12.5. The fraction of sp³-hybridized carbons (Fsp3) is 0.462. The van der Waals surface area contributed by atoms with Crippen molar-refractivity contribution < 1.29 is 23.1 Å². The number of hydrogen-bond donors (Lipinski definition) is 0. The average Bonchev–Trinajstić information content (AvgIpc) is 2.45. The molecule has 1 aromatic rings. The number of rotatable bonds is 8. The Morgan fingerprint density at radius 1 is 1.35 bits per heavy atom. The van der Waals surface area contributed by atoms with E-state index in [2.05, 4.69) is 4.74 Å². The summed E-state index contributed by atoms with van der Waals surface area (Å²) < 4.78 is 27.8. The van der Waals surface area contributed by atoms with Gasteiger partial charge in [-0.05, 0) is 42.9 Å². The molecule has 7 heteroatoms. The van der Waals surface area contributed by atoms with Gasteiger partial charge in [0.05, 0.1) is 19.3 Å². The van der Waals surface area contributed by atoms with E-state index in [9.17, 15) is 9.36 Å². The number of carbonyl (C=O) groups excluding carboxylic acids is 1. The van der Waals surface area contributed by atoms with Gasteiger partial charge in [-0.15, -0.1) is 0 Å². The van der Waals surface area contributed by atoms with Crippen molar-refractivity contribution in [3.63, 3.8) is 0 Å². The Labute approximate surface area is 123 Å². The monoisotopic (exact) mass is 318 g/mol. The summed E-state index contributed by atoms with van der Waals surface area (Å²) in [6.45, 7) is 0.789. The molecule has 1 atom stereocenters. The van der Waals surface area contributed by atoms with Crippen molar-refractivity contribution in [2.75, 3.05) is 19.5 Å². The lowest BCUT2D eigenvalue weighted by molar-refractivity contribution is 0.0600. The molecule has 0 aliphatic heterocycles. The first-order valence-electron chi connectivity index (χ1n) is 6.31. The Hall–Kier alpha value is -0.970. The van der Waals surface area contributed by atoms with Crippen LogP contribution >= 0.6 is 18.2 Å². The molecular weight excluding hydrogens is 299 g/mol. The van der Waals surface area contributed by atoms with Gasteiger partial charge < -0.3 is 9.26 Å². The zero-order valence-electron chi connectivity index (χ0n) is 11.8. The second kappa shape index (κ2) is 8.35. The number of benzene rings is 1. The first kappa shape index (κ1) is 17.1. The first-order valence-corrected chi connectivity index (χ1v) is 9.45. The molecule has 1 aromatic carbocycles. The second-order valence-electron chi connectivity index (χ2n) is 3.81. The number of hydrogen-bond acceptors (Lipinski definition) is 6. The minimum Gasteiger partial charge on any atom is -0.465 e. The molecule has 0 amide bonds. The molecule has 0 saturated carbocycles. The van der Waals surface area contributed by atoms with Crippen molar-refractivity contribution in [1.29, 1.82) is 0 Å². The Morgan fingerprint density at radius 3 is 2.70 bits per heavy atom. The maximum Gasteiger partial charge on any atom is 0.440 e. The molecule has 0 heterocycles. The number of esters is 1. The minimum atomic E-state index is -3.25. The summed E-state index contributed by atoms with van der Waals surface area (Å²) in [6, 6.07) is 6.36. The smallest absolute Gasteiger partial charge is 0.440 e. The predicted octanol–water partition coefficient (Wildman–Crippen LogP) is 4.14. The number of methoxy groups -OCH3 is 1. The molecule has 112 valence electrons. The molecule has 0 radical (unpaired) electrons. The molecular formula is C13H19O5PS. The summed E-state index contributed by atoms with van der Waals surface area (Å²) in [5, 5.41) is 0. The van der Waals surface area contributed by atoms with Gasteiger partial charge in [-0.2, -0.15) is 0 Å². The van der Waals surface area contributed by atoms with Crippen LogP contribution in [0.15, 0.2) is 24.3 Å². The van der Waals surface area contributed by atoms with Crippen LogP contribution in [0, 0.1) is 0 Å². The third-order valence-corrected chi connectivity index (χ3v) is 6.17.